The van der Waals surface area contributed by atoms with Crippen molar-refractivity contribution in [3.63, 3.8) is 0 Å². The fourth-order valence-corrected chi connectivity index (χ4v) is 8.58. The second kappa shape index (κ2) is 9.40. The standard InChI is InChI=1S/C28H29Br2IO3/c1-26(16-19-13-21(29)15-22(30)14-19)24-4-3-9-28(33-10-11-34-28)27(24,2)17-20(25(26)32)12-18-5-7-23(31)8-6-18/h5-8,12-15,24H,3-4,9-11,16-17H2,1-2H3. The molecule has 1 heterocycles. The van der Waals surface area contributed by atoms with E-state index in [-0.39, 0.29) is 17.1 Å². The number of allylic oxidation sites excluding steroid dienone is 1. The van der Waals surface area contributed by atoms with E-state index in [1.165, 1.54) is 3.57 Å². The zero-order chi connectivity index (χ0) is 24.1. The Bertz CT molecular complexity index is 1120. The summed E-state index contributed by atoms with van der Waals surface area (Å²) >= 11 is 9.58. The van der Waals surface area contributed by atoms with Gasteiger partial charge in [-0.25, -0.2) is 0 Å². The molecule has 2 aromatic rings. The Labute approximate surface area is 232 Å². The van der Waals surface area contributed by atoms with E-state index in [2.05, 4.69) is 111 Å². The van der Waals surface area contributed by atoms with Crippen LogP contribution in [-0.4, -0.2) is 24.8 Å². The van der Waals surface area contributed by atoms with Crippen LogP contribution in [0, 0.1) is 20.3 Å². The Morgan fingerprint density at radius 3 is 2.35 bits per heavy atom. The summed E-state index contributed by atoms with van der Waals surface area (Å²) in [5.41, 5.74) is 2.28. The van der Waals surface area contributed by atoms with Gasteiger partial charge in [-0.3, -0.25) is 4.79 Å². The third kappa shape index (κ3) is 4.29. The average Bonchev–Trinajstić information content (AvgIpc) is 3.25. The highest BCUT2D eigenvalue weighted by atomic mass is 127. The SMILES string of the molecule is CC1(Cc2cc(Br)cc(Br)c2)C(=O)C(=Cc2ccc(I)cc2)CC2(C)C1CCCC21OCCO1. The first-order chi connectivity index (χ1) is 16.2. The average molecular weight is 700 g/mol. The molecule has 2 aromatic carbocycles. The van der Waals surface area contributed by atoms with Gasteiger partial charge in [-0.1, -0.05) is 57.8 Å². The second-order valence-electron chi connectivity index (χ2n) is 10.4. The number of carbonyl (C=O) groups is 1. The first-order valence-corrected chi connectivity index (χ1v) is 14.6. The van der Waals surface area contributed by atoms with Gasteiger partial charge in [0.25, 0.3) is 0 Å². The monoisotopic (exact) mass is 698 g/mol. The van der Waals surface area contributed by atoms with Crippen molar-refractivity contribution in [1.82, 2.24) is 0 Å². The highest BCUT2D eigenvalue weighted by molar-refractivity contribution is 14.1. The summed E-state index contributed by atoms with van der Waals surface area (Å²) in [6, 6.07) is 14.7. The van der Waals surface area contributed by atoms with Gasteiger partial charge in [0.15, 0.2) is 11.6 Å². The van der Waals surface area contributed by atoms with E-state index >= 15 is 0 Å². The summed E-state index contributed by atoms with van der Waals surface area (Å²) in [5.74, 6) is -0.174. The molecule has 2 aliphatic carbocycles. The minimum atomic E-state index is -0.610. The molecule has 6 heteroatoms. The largest absolute Gasteiger partial charge is 0.347 e. The van der Waals surface area contributed by atoms with Crippen molar-refractivity contribution in [3.05, 3.63) is 71.7 Å². The summed E-state index contributed by atoms with van der Waals surface area (Å²) in [5, 5.41) is 0. The smallest absolute Gasteiger partial charge is 0.174 e. The minimum absolute atomic E-state index is 0.172. The van der Waals surface area contributed by atoms with Crippen molar-refractivity contribution in [2.45, 2.75) is 51.7 Å². The van der Waals surface area contributed by atoms with Crippen LogP contribution in [0.1, 0.15) is 50.7 Å². The summed E-state index contributed by atoms with van der Waals surface area (Å²) in [4.78, 5) is 14.3. The molecular weight excluding hydrogens is 671 g/mol. The number of halogens is 3. The Morgan fingerprint density at radius 2 is 1.71 bits per heavy atom. The van der Waals surface area contributed by atoms with Gasteiger partial charge < -0.3 is 9.47 Å². The van der Waals surface area contributed by atoms with Gasteiger partial charge in [0.05, 0.1) is 13.2 Å². The predicted molar refractivity (Wildman–Crippen MR) is 150 cm³/mol. The fraction of sp³-hybridized carbons (Fsp3) is 0.464. The van der Waals surface area contributed by atoms with Crippen LogP contribution in [0.3, 0.4) is 0 Å². The number of carbonyl (C=O) groups excluding carboxylic acids is 1. The van der Waals surface area contributed by atoms with Gasteiger partial charge in [-0.05, 0) is 107 Å². The van der Waals surface area contributed by atoms with Crippen LogP contribution < -0.4 is 0 Å². The van der Waals surface area contributed by atoms with E-state index < -0.39 is 11.2 Å². The highest BCUT2D eigenvalue weighted by Gasteiger charge is 2.66. The van der Waals surface area contributed by atoms with Crippen molar-refractivity contribution >= 4 is 66.3 Å². The van der Waals surface area contributed by atoms with Crippen molar-refractivity contribution in [1.29, 1.82) is 0 Å². The molecule has 0 N–H and O–H groups in total. The molecular formula is C28H29Br2IO3. The molecule has 34 heavy (non-hydrogen) atoms. The number of ketones is 1. The Balaban J connectivity index is 1.63. The Kier molecular flexibility index (Phi) is 6.95. The lowest BCUT2D eigenvalue weighted by atomic mass is 9.46. The van der Waals surface area contributed by atoms with Gasteiger partial charge >= 0.3 is 0 Å². The van der Waals surface area contributed by atoms with Crippen molar-refractivity contribution in [2.75, 3.05) is 13.2 Å². The third-order valence-corrected chi connectivity index (χ3v) is 9.87. The fourth-order valence-electron chi connectivity index (χ4n) is 6.84. The topological polar surface area (TPSA) is 35.5 Å². The second-order valence-corrected chi connectivity index (χ2v) is 13.5. The molecule has 3 atom stereocenters. The molecule has 2 saturated carbocycles. The summed E-state index contributed by atoms with van der Waals surface area (Å²) in [6.45, 7) is 5.75. The van der Waals surface area contributed by atoms with E-state index in [9.17, 15) is 4.79 Å². The highest BCUT2D eigenvalue weighted by Crippen LogP contribution is 2.64. The number of hydrogen-bond donors (Lipinski definition) is 0. The molecule has 1 aliphatic heterocycles. The molecule has 0 radical (unpaired) electrons. The Morgan fingerprint density at radius 1 is 1.06 bits per heavy atom. The van der Waals surface area contributed by atoms with Gasteiger partial charge in [0, 0.05) is 29.8 Å². The number of benzene rings is 2. The number of Topliss-reactive ketones (excluding diaryl/α,β-unsaturated/α-hetero) is 1. The molecule has 0 amide bonds. The van der Waals surface area contributed by atoms with E-state index in [0.717, 1.165) is 44.9 Å². The van der Waals surface area contributed by atoms with E-state index in [1.54, 1.807) is 0 Å². The number of rotatable bonds is 3. The molecule has 3 nitrogen and oxygen atoms in total. The summed E-state index contributed by atoms with van der Waals surface area (Å²) in [6.07, 6.45) is 6.39. The van der Waals surface area contributed by atoms with Crippen LogP contribution in [0.4, 0.5) is 0 Å². The van der Waals surface area contributed by atoms with Crippen LogP contribution >= 0.6 is 54.5 Å². The zero-order valence-electron chi connectivity index (χ0n) is 19.5. The maximum Gasteiger partial charge on any atom is 0.174 e. The van der Waals surface area contributed by atoms with E-state index in [4.69, 9.17) is 9.47 Å². The number of fused-ring (bicyclic) bond motifs is 2. The molecule has 180 valence electrons. The van der Waals surface area contributed by atoms with Crippen LogP contribution in [0.25, 0.3) is 6.08 Å². The predicted octanol–water partition coefficient (Wildman–Crippen LogP) is 7.97. The lowest BCUT2D eigenvalue weighted by molar-refractivity contribution is -0.282. The number of hydrogen-bond acceptors (Lipinski definition) is 3. The molecule has 1 spiro atoms. The van der Waals surface area contributed by atoms with Gasteiger partial charge in [-0.2, -0.15) is 0 Å². The van der Waals surface area contributed by atoms with Crippen LogP contribution in [-0.2, 0) is 20.7 Å². The minimum Gasteiger partial charge on any atom is -0.347 e. The van der Waals surface area contributed by atoms with Crippen LogP contribution in [0.2, 0.25) is 0 Å². The van der Waals surface area contributed by atoms with Gasteiger partial charge in [0.1, 0.15) is 0 Å². The number of ether oxygens (including phenoxy) is 2. The normalized spacial score (nSPS) is 31.7. The van der Waals surface area contributed by atoms with E-state index in [0.29, 0.717) is 26.1 Å². The lowest BCUT2D eigenvalue weighted by Crippen LogP contribution is -2.63. The van der Waals surface area contributed by atoms with Gasteiger partial charge in [0.2, 0.25) is 0 Å². The first-order valence-electron chi connectivity index (χ1n) is 11.9. The molecule has 1 saturated heterocycles. The van der Waals surface area contributed by atoms with Crippen molar-refractivity contribution in [3.8, 4) is 0 Å². The van der Waals surface area contributed by atoms with Crippen LogP contribution in [0.5, 0.6) is 0 Å². The maximum absolute atomic E-state index is 14.3. The Hall–Kier alpha value is -0.540. The molecule has 3 unspecified atom stereocenters. The van der Waals surface area contributed by atoms with Crippen molar-refractivity contribution < 1.29 is 14.3 Å². The van der Waals surface area contributed by atoms with E-state index in [1.807, 2.05) is 6.07 Å². The molecule has 5 rings (SSSR count). The van der Waals surface area contributed by atoms with Crippen molar-refractivity contribution in [2.24, 2.45) is 16.7 Å². The molecule has 0 aromatic heterocycles. The summed E-state index contributed by atoms with van der Waals surface area (Å²) in [7, 11) is 0. The molecule has 3 fully saturated rings. The zero-order valence-corrected chi connectivity index (χ0v) is 24.8. The maximum atomic E-state index is 14.3. The van der Waals surface area contributed by atoms with Gasteiger partial charge in [-0.15, -0.1) is 0 Å². The van der Waals surface area contributed by atoms with Crippen LogP contribution in [0.15, 0.2) is 57.0 Å². The summed E-state index contributed by atoms with van der Waals surface area (Å²) < 4.78 is 16.0. The molecule has 3 aliphatic rings. The third-order valence-electron chi connectivity index (χ3n) is 8.23. The lowest BCUT2D eigenvalue weighted by Gasteiger charge is -2.60. The first kappa shape index (κ1) is 25.1. The quantitative estimate of drug-likeness (QED) is 0.241. The molecule has 0 bridgehead atoms.